The summed E-state index contributed by atoms with van der Waals surface area (Å²) in [6.45, 7) is 7.69. The number of benzene rings is 1. The van der Waals surface area contributed by atoms with Gasteiger partial charge in [0.25, 0.3) is 0 Å². The van der Waals surface area contributed by atoms with E-state index in [1.807, 2.05) is 0 Å². The van der Waals surface area contributed by atoms with Crippen molar-refractivity contribution in [3.05, 3.63) is 23.8 Å². The Balaban J connectivity index is 1.59. The molecule has 0 radical (unpaired) electrons. The van der Waals surface area contributed by atoms with Crippen LogP contribution in [0.1, 0.15) is 27.7 Å². The fourth-order valence-corrected chi connectivity index (χ4v) is 3.93. The number of aliphatic hydroxyl groups excluding tert-OH is 1. The van der Waals surface area contributed by atoms with Crippen molar-refractivity contribution in [3.63, 3.8) is 0 Å². The number of nitrogens with one attached hydrogen (secondary N) is 1. The quantitative estimate of drug-likeness (QED) is 0.647. The van der Waals surface area contributed by atoms with Gasteiger partial charge in [-0.25, -0.2) is 13.6 Å². The van der Waals surface area contributed by atoms with Gasteiger partial charge in [-0.15, -0.1) is 0 Å². The number of nitrogens with zero attached hydrogens (tertiary/aromatic N) is 1. The summed E-state index contributed by atoms with van der Waals surface area (Å²) >= 11 is 0. The number of anilines is 2. The Morgan fingerprint density at radius 2 is 1.80 bits per heavy atom. The minimum Gasteiger partial charge on any atom is -0.464 e. The van der Waals surface area contributed by atoms with Crippen LogP contribution in [0.2, 0.25) is 0 Å². The highest BCUT2D eigenvalue weighted by molar-refractivity contribution is 5.78. The van der Waals surface area contributed by atoms with E-state index in [4.69, 9.17) is 4.74 Å². The lowest BCUT2D eigenvalue weighted by atomic mass is 10.1. The summed E-state index contributed by atoms with van der Waals surface area (Å²) in [4.78, 5) is 25.2. The summed E-state index contributed by atoms with van der Waals surface area (Å²) in [5, 5.41) is 12.3. The first-order valence-corrected chi connectivity index (χ1v) is 10.1. The van der Waals surface area contributed by atoms with Crippen molar-refractivity contribution >= 4 is 23.3 Å². The zero-order chi connectivity index (χ0) is 22.2. The van der Waals surface area contributed by atoms with E-state index < -0.39 is 29.3 Å². The van der Waals surface area contributed by atoms with Crippen LogP contribution in [0.3, 0.4) is 0 Å². The van der Waals surface area contributed by atoms with Gasteiger partial charge >= 0.3 is 11.9 Å². The Morgan fingerprint density at radius 3 is 2.30 bits per heavy atom. The van der Waals surface area contributed by atoms with Gasteiger partial charge in [0.1, 0.15) is 11.3 Å². The van der Waals surface area contributed by atoms with Crippen LogP contribution in [0.25, 0.3) is 0 Å². The normalized spacial score (nSPS) is 23.6. The summed E-state index contributed by atoms with van der Waals surface area (Å²) in [6.07, 6.45) is -1.44. The first kappa shape index (κ1) is 22.3. The molecule has 1 aliphatic heterocycles. The molecule has 3 atom stereocenters. The van der Waals surface area contributed by atoms with Gasteiger partial charge in [-0.05, 0) is 51.7 Å². The van der Waals surface area contributed by atoms with E-state index in [0.717, 1.165) is 12.1 Å². The first-order chi connectivity index (χ1) is 14.0. The van der Waals surface area contributed by atoms with Crippen molar-refractivity contribution in [2.45, 2.75) is 39.4 Å². The summed E-state index contributed by atoms with van der Waals surface area (Å²) in [7, 11) is 0. The molecule has 9 heteroatoms. The molecular weight excluding hydrogens is 398 g/mol. The number of halogens is 2. The highest BCUT2D eigenvalue weighted by Gasteiger charge is 2.61. The summed E-state index contributed by atoms with van der Waals surface area (Å²) in [5.74, 6) is -2.70. The smallest absolute Gasteiger partial charge is 0.336 e. The number of rotatable bonds is 7. The largest absolute Gasteiger partial charge is 0.464 e. The van der Waals surface area contributed by atoms with Gasteiger partial charge in [-0.3, -0.25) is 4.79 Å². The fourth-order valence-electron chi connectivity index (χ4n) is 3.93. The molecule has 1 aromatic carbocycles. The zero-order valence-corrected chi connectivity index (χ0v) is 17.6. The Labute approximate surface area is 174 Å². The van der Waals surface area contributed by atoms with Crippen LogP contribution in [0.4, 0.5) is 20.2 Å². The predicted molar refractivity (Wildman–Crippen MR) is 106 cm³/mol. The third kappa shape index (κ3) is 4.83. The van der Waals surface area contributed by atoms with Crippen LogP contribution in [-0.2, 0) is 19.1 Å². The molecule has 7 nitrogen and oxygen atoms in total. The van der Waals surface area contributed by atoms with E-state index in [9.17, 15) is 23.5 Å². The average Bonchev–Trinajstić information content (AvgIpc) is 3.13. The lowest BCUT2D eigenvalue weighted by molar-refractivity contribution is -0.157. The van der Waals surface area contributed by atoms with Crippen LogP contribution >= 0.6 is 0 Å². The van der Waals surface area contributed by atoms with Crippen LogP contribution in [0.15, 0.2) is 12.1 Å². The van der Waals surface area contributed by atoms with Crippen molar-refractivity contribution < 1.29 is 33.0 Å². The Bertz CT molecular complexity index is 791. The lowest BCUT2D eigenvalue weighted by Crippen LogP contribution is -2.31. The van der Waals surface area contributed by atoms with Crippen molar-refractivity contribution in [2.24, 2.45) is 17.8 Å². The number of carbonyl (C=O) groups is 2. The zero-order valence-electron chi connectivity index (χ0n) is 17.6. The fraction of sp³-hybridized carbons (Fsp3) is 0.619. The predicted octanol–water partition coefficient (Wildman–Crippen LogP) is 2.32. The van der Waals surface area contributed by atoms with Gasteiger partial charge in [-0.1, -0.05) is 0 Å². The summed E-state index contributed by atoms with van der Waals surface area (Å²) < 4.78 is 39.3. The monoisotopic (exact) mass is 426 g/mol. The Kier molecular flexibility index (Phi) is 6.21. The number of aliphatic hydroxyl groups is 1. The number of fused-ring (bicyclic) bond motifs is 1. The van der Waals surface area contributed by atoms with Gasteiger partial charge < -0.3 is 24.8 Å². The second-order valence-corrected chi connectivity index (χ2v) is 8.73. The number of piperidine rings is 1. The summed E-state index contributed by atoms with van der Waals surface area (Å²) in [5.41, 5.74) is -0.593. The van der Waals surface area contributed by atoms with Gasteiger partial charge in [0.15, 0.2) is 17.7 Å². The standard InChI is InChI=1S/C21H28F2N2O5/c1-5-29-19(27)16(26)8-24-11-6-14(22)18(15(23)7-11)25-9-12-13(10-25)17(12)20(28)30-21(2,3)4/h6-7,12-13,16-17,24,26H,5,8-10H2,1-4H3. The third-order valence-electron chi connectivity index (χ3n) is 5.26. The Morgan fingerprint density at radius 1 is 1.23 bits per heavy atom. The van der Waals surface area contributed by atoms with Gasteiger partial charge in [0, 0.05) is 18.8 Å². The van der Waals surface area contributed by atoms with E-state index in [1.165, 1.54) is 0 Å². The number of ether oxygens (including phenoxy) is 2. The van der Waals surface area contributed by atoms with Crippen molar-refractivity contribution in [1.29, 1.82) is 0 Å². The maximum Gasteiger partial charge on any atom is 0.336 e. The lowest BCUT2D eigenvalue weighted by Gasteiger charge is -2.25. The minimum atomic E-state index is -1.44. The molecule has 1 saturated heterocycles. The highest BCUT2D eigenvalue weighted by atomic mass is 19.1. The second-order valence-electron chi connectivity index (χ2n) is 8.73. The molecule has 1 heterocycles. The maximum absolute atomic E-state index is 14.6. The molecule has 1 saturated carbocycles. The third-order valence-corrected chi connectivity index (χ3v) is 5.26. The molecule has 3 unspecified atom stereocenters. The van der Waals surface area contributed by atoms with E-state index in [0.29, 0.717) is 13.1 Å². The molecule has 166 valence electrons. The number of carbonyl (C=O) groups excluding carboxylic acids is 2. The number of hydrogen-bond acceptors (Lipinski definition) is 7. The molecule has 1 aliphatic carbocycles. The molecule has 2 fully saturated rings. The van der Waals surface area contributed by atoms with E-state index in [1.54, 1.807) is 32.6 Å². The molecule has 2 N–H and O–H groups in total. The van der Waals surface area contributed by atoms with Crippen LogP contribution in [-0.4, -0.2) is 55.0 Å². The molecule has 2 aliphatic rings. The molecule has 30 heavy (non-hydrogen) atoms. The van der Waals surface area contributed by atoms with Crippen molar-refractivity contribution in [1.82, 2.24) is 0 Å². The van der Waals surface area contributed by atoms with Gasteiger partial charge in [0.05, 0.1) is 19.1 Å². The van der Waals surface area contributed by atoms with Gasteiger partial charge in [-0.2, -0.15) is 0 Å². The molecule has 3 rings (SSSR count). The summed E-state index contributed by atoms with van der Waals surface area (Å²) in [6, 6.07) is 2.23. The SMILES string of the molecule is CCOC(=O)C(O)CNc1cc(F)c(N2CC3C(C2)C3C(=O)OC(C)(C)C)c(F)c1. The van der Waals surface area contributed by atoms with E-state index in [2.05, 4.69) is 10.1 Å². The highest BCUT2D eigenvalue weighted by Crippen LogP contribution is 2.54. The average molecular weight is 426 g/mol. The van der Waals surface area contributed by atoms with E-state index in [-0.39, 0.29) is 48.2 Å². The Hall–Kier alpha value is -2.42. The van der Waals surface area contributed by atoms with Crippen molar-refractivity contribution in [2.75, 3.05) is 36.5 Å². The molecule has 1 aromatic rings. The van der Waals surface area contributed by atoms with Crippen LogP contribution < -0.4 is 10.2 Å². The van der Waals surface area contributed by atoms with Crippen LogP contribution in [0, 0.1) is 29.4 Å². The maximum atomic E-state index is 14.6. The molecule has 0 amide bonds. The van der Waals surface area contributed by atoms with Crippen molar-refractivity contribution in [3.8, 4) is 0 Å². The van der Waals surface area contributed by atoms with Crippen LogP contribution in [0.5, 0.6) is 0 Å². The molecular formula is C21H28F2N2O5. The second kappa shape index (κ2) is 8.37. The first-order valence-electron chi connectivity index (χ1n) is 10.1. The van der Waals surface area contributed by atoms with E-state index >= 15 is 0 Å². The number of hydrogen-bond donors (Lipinski definition) is 2. The topological polar surface area (TPSA) is 88.1 Å². The number of esters is 2. The minimum absolute atomic E-state index is 0.0381. The molecule has 0 bridgehead atoms. The molecule has 0 spiro atoms. The van der Waals surface area contributed by atoms with Gasteiger partial charge in [0.2, 0.25) is 0 Å². The molecule has 0 aromatic heterocycles.